The van der Waals surface area contributed by atoms with Gasteiger partial charge in [0.25, 0.3) is 21.2 Å². The predicted octanol–water partition coefficient (Wildman–Crippen LogP) is -3.55. The Morgan fingerprint density at radius 3 is 2.50 bits per heavy atom. The average Bonchev–Trinajstić information content (AvgIpc) is 3.15. The lowest BCUT2D eigenvalue weighted by atomic mass is 9.97. The number of phosphoric acid groups is 2. The van der Waals surface area contributed by atoms with Crippen molar-refractivity contribution in [1.82, 2.24) is 14.9 Å². The van der Waals surface area contributed by atoms with E-state index in [1.165, 1.54) is 20.0 Å². The van der Waals surface area contributed by atoms with Gasteiger partial charge in [0.2, 0.25) is 5.91 Å². The molecule has 0 spiro atoms. The van der Waals surface area contributed by atoms with Gasteiger partial charge in [-0.1, -0.05) is 0 Å². The summed E-state index contributed by atoms with van der Waals surface area (Å²) in [7, 11) is -11.5. The molecular weight excluding hydrogens is 560 g/mol. The molecule has 38 heavy (non-hydrogen) atoms. The van der Waals surface area contributed by atoms with Crippen molar-refractivity contribution in [3.8, 4) is 0 Å². The number of aliphatic hydroxyl groups is 3. The van der Waals surface area contributed by atoms with Crippen molar-refractivity contribution in [2.24, 2.45) is 0 Å². The van der Waals surface area contributed by atoms with Crippen LogP contribution in [0.2, 0.25) is 0 Å². The first-order valence-corrected chi connectivity index (χ1v) is 14.0. The van der Waals surface area contributed by atoms with Gasteiger partial charge >= 0.3 is 5.69 Å². The standard InChI is InChI=1S/C18H29N3O15P2/c1-7-5-21(18(27)20-16(7)26)12-4-10(23)11(34-12)6-32-37(28,29)36-38(30,31)35-17-15(25)14(24)13(8(2)33-17)19-9(3)22/h5,8,10-15,17,23-25H,4,6H2,1-3H3,(H,19,22)(H,28,29)(H,30,31)(H,20,26,27)/p-2/t8-,10+,11-,12-,13+,14+,15-,17?/m1/s1. The quantitative estimate of drug-likeness (QED) is 0.175. The van der Waals surface area contributed by atoms with Crippen molar-refractivity contribution in [2.75, 3.05) is 6.61 Å². The molecule has 2 saturated heterocycles. The molecule has 3 unspecified atom stereocenters. The van der Waals surface area contributed by atoms with E-state index in [1.54, 1.807) is 0 Å². The summed E-state index contributed by atoms with van der Waals surface area (Å²) >= 11 is 0. The van der Waals surface area contributed by atoms with Crippen LogP contribution in [0.15, 0.2) is 15.8 Å². The monoisotopic (exact) mass is 587 g/mol. The number of aliphatic hydroxyl groups excluding tert-OH is 3. The molecule has 3 rings (SSSR count). The highest BCUT2D eigenvalue weighted by Gasteiger charge is 2.45. The summed E-state index contributed by atoms with van der Waals surface area (Å²) in [6.07, 6.45) is -9.71. The molecule has 1 aromatic rings. The first kappa shape index (κ1) is 30.7. The smallest absolute Gasteiger partial charge is 0.330 e. The van der Waals surface area contributed by atoms with Gasteiger partial charge in [0, 0.05) is 25.1 Å². The van der Waals surface area contributed by atoms with Gasteiger partial charge in [0.1, 0.15) is 24.5 Å². The Labute approximate surface area is 214 Å². The number of aromatic amines is 1. The van der Waals surface area contributed by atoms with Crippen LogP contribution in [-0.2, 0) is 36.8 Å². The number of phosphoric ester groups is 2. The fourth-order valence-electron chi connectivity index (χ4n) is 3.85. The maximum absolute atomic E-state index is 12.2. The summed E-state index contributed by atoms with van der Waals surface area (Å²) in [5.74, 6) is -0.568. The van der Waals surface area contributed by atoms with Gasteiger partial charge in [0.15, 0.2) is 6.29 Å². The number of carbonyl (C=O) groups excluding carboxylic acids is 1. The van der Waals surface area contributed by atoms with Crippen molar-refractivity contribution < 1.29 is 61.9 Å². The highest BCUT2D eigenvalue weighted by atomic mass is 31.3. The molecule has 2 aliphatic rings. The predicted molar refractivity (Wildman–Crippen MR) is 118 cm³/mol. The van der Waals surface area contributed by atoms with Crippen LogP contribution in [0.25, 0.3) is 0 Å². The third-order valence-electron chi connectivity index (χ3n) is 5.71. The fourth-order valence-corrected chi connectivity index (χ4v) is 5.93. The van der Waals surface area contributed by atoms with E-state index in [0.717, 1.165) is 11.5 Å². The molecule has 3 heterocycles. The molecule has 2 aliphatic heterocycles. The minimum absolute atomic E-state index is 0.172. The highest BCUT2D eigenvalue weighted by Crippen LogP contribution is 2.57. The Morgan fingerprint density at radius 2 is 1.87 bits per heavy atom. The maximum Gasteiger partial charge on any atom is 0.330 e. The number of ether oxygens (including phenoxy) is 2. The summed E-state index contributed by atoms with van der Waals surface area (Å²) in [5.41, 5.74) is -1.29. The normalized spacial score (nSPS) is 34.8. The van der Waals surface area contributed by atoms with E-state index in [0.29, 0.717) is 0 Å². The first-order valence-electron chi connectivity index (χ1n) is 11.1. The number of aromatic nitrogens is 2. The first-order chi connectivity index (χ1) is 17.5. The second kappa shape index (κ2) is 11.8. The zero-order chi connectivity index (χ0) is 28.6. The van der Waals surface area contributed by atoms with Crippen LogP contribution in [0.5, 0.6) is 0 Å². The molecule has 1 aromatic heterocycles. The molecule has 2 fully saturated rings. The van der Waals surface area contributed by atoms with Crippen LogP contribution in [0, 0.1) is 6.92 Å². The largest absolute Gasteiger partial charge is 0.756 e. The molecule has 1 amide bonds. The number of rotatable bonds is 9. The van der Waals surface area contributed by atoms with Crippen LogP contribution >= 0.6 is 15.6 Å². The van der Waals surface area contributed by atoms with Gasteiger partial charge in [-0.2, -0.15) is 0 Å². The Bertz CT molecular complexity index is 1240. The maximum atomic E-state index is 12.2. The van der Waals surface area contributed by atoms with Crippen LogP contribution < -0.4 is 26.4 Å². The van der Waals surface area contributed by atoms with Gasteiger partial charge in [-0.3, -0.25) is 32.8 Å². The Kier molecular flexibility index (Phi) is 9.51. The summed E-state index contributed by atoms with van der Waals surface area (Å²) in [6, 6.07) is -1.12. The number of hydrogen-bond acceptors (Lipinski definition) is 15. The average molecular weight is 587 g/mol. The topological polar surface area (TPSA) is 271 Å². The van der Waals surface area contributed by atoms with Crippen LogP contribution in [0.4, 0.5) is 0 Å². The number of carbonyl (C=O) groups is 1. The Morgan fingerprint density at radius 1 is 1.21 bits per heavy atom. The van der Waals surface area contributed by atoms with Crippen LogP contribution in [-0.4, -0.2) is 80.2 Å². The van der Waals surface area contributed by atoms with E-state index >= 15 is 0 Å². The summed E-state index contributed by atoms with van der Waals surface area (Å²) in [4.78, 5) is 61.1. The second-order valence-corrected chi connectivity index (χ2v) is 11.6. The number of nitrogens with one attached hydrogen (secondary N) is 2. The highest BCUT2D eigenvalue weighted by molar-refractivity contribution is 7.59. The molecule has 0 radical (unpaired) electrons. The van der Waals surface area contributed by atoms with Gasteiger partial charge in [0.05, 0.1) is 24.9 Å². The van der Waals surface area contributed by atoms with Crippen molar-refractivity contribution in [2.45, 2.75) is 76.3 Å². The minimum atomic E-state index is -5.79. The minimum Gasteiger partial charge on any atom is -0.756 e. The lowest BCUT2D eigenvalue weighted by Gasteiger charge is -2.43. The van der Waals surface area contributed by atoms with Gasteiger partial charge < -0.3 is 44.4 Å². The Balaban J connectivity index is 1.58. The zero-order valence-electron chi connectivity index (χ0n) is 20.2. The lowest BCUT2D eigenvalue weighted by molar-refractivity contribution is -0.286. The van der Waals surface area contributed by atoms with Crippen molar-refractivity contribution in [1.29, 1.82) is 0 Å². The molecule has 20 heteroatoms. The summed E-state index contributed by atoms with van der Waals surface area (Å²) < 4.78 is 48.7. The zero-order valence-corrected chi connectivity index (χ0v) is 22.0. The number of amides is 1. The number of H-pyrrole nitrogens is 1. The molecule has 216 valence electrons. The summed E-state index contributed by atoms with van der Waals surface area (Å²) in [6.45, 7) is 2.97. The van der Waals surface area contributed by atoms with Crippen LogP contribution in [0.1, 0.15) is 32.1 Å². The van der Waals surface area contributed by atoms with E-state index in [4.69, 9.17) is 9.47 Å². The molecule has 0 bridgehead atoms. The van der Waals surface area contributed by atoms with E-state index < -0.39 is 88.5 Å². The second-order valence-electron chi connectivity index (χ2n) is 8.71. The van der Waals surface area contributed by atoms with Crippen LogP contribution in [0.3, 0.4) is 0 Å². The third kappa shape index (κ3) is 7.44. The van der Waals surface area contributed by atoms with Crippen molar-refractivity contribution in [3.05, 3.63) is 32.6 Å². The van der Waals surface area contributed by atoms with E-state index in [9.17, 15) is 48.6 Å². The summed E-state index contributed by atoms with van der Waals surface area (Å²) in [5, 5.41) is 32.8. The molecule has 18 nitrogen and oxygen atoms in total. The fraction of sp³-hybridized carbons (Fsp3) is 0.722. The van der Waals surface area contributed by atoms with Gasteiger partial charge in [-0.25, -0.2) is 9.11 Å². The molecule has 10 atom stereocenters. The molecule has 0 aromatic carbocycles. The molecule has 5 N–H and O–H groups in total. The molecular formula is C18H27N3O15P2-2. The van der Waals surface area contributed by atoms with Crippen molar-refractivity contribution in [3.63, 3.8) is 0 Å². The van der Waals surface area contributed by atoms with Crippen molar-refractivity contribution >= 4 is 21.6 Å². The third-order valence-corrected chi connectivity index (χ3v) is 8.24. The molecule has 0 saturated carbocycles. The van der Waals surface area contributed by atoms with E-state index in [1.807, 2.05) is 0 Å². The lowest BCUT2D eigenvalue weighted by Crippen LogP contribution is -2.62. The number of aryl methyl sites for hydroxylation is 1. The number of hydrogen-bond donors (Lipinski definition) is 5. The Hall–Kier alpha value is -1.79. The van der Waals surface area contributed by atoms with E-state index in [2.05, 4.69) is 23.7 Å². The van der Waals surface area contributed by atoms with Gasteiger partial charge in [-0.15, -0.1) is 0 Å². The SMILES string of the molecule is CC(=O)N[C@@H]1[C@H](O)[C@@H](O)C(OP(=O)([O-])OP(=O)([O-])OC[C@H]2O[C@@H](n3cc(C)c(=O)[nH]c3=O)C[C@@H]2O)O[C@@H]1C. The van der Waals surface area contributed by atoms with E-state index in [-0.39, 0.29) is 12.0 Å². The molecule has 0 aliphatic carbocycles. The number of nitrogens with zero attached hydrogens (tertiary/aromatic N) is 1. The van der Waals surface area contributed by atoms with Gasteiger partial charge in [-0.05, 0) is 13.8 Å².